The summed E-state index contributed by atoms with van der Waals surface area (Å²) in [6, 6.07) is 10.2. The average Bonchev–Trinajstić information content (AvgIpc) is 3.39. The molecule has 1 aliphatic rings. The summed E-state index contributed by atoms with van der Waals surface area (Å²) in [5.41, 5.74) is 1.56. The zero-order chi connectivity index (χ0) is 17.9. The lowest BCUT2D eigenvalue weighted by molar-refractivity contribution is 0.0951. The number of carbonyl (C=O) groups excluding carboxylic acids is 1. The molecule has 0 bridgehead atoms. The highest BCUT2D eigenvalue weighted by Crippen LogP contribution is 2.19. The zero-order valence-corrected chi connectivity index (χ0v) is 14.4. The van der Waals surface area contributed by atoms with Gasteiger partial charge in [-0.1, -0.05) is 12.1 Å². The summed E-state index contributed by atoms with van der Waals surface area (Å²) in [6.45, 7) is 0.607. The number of sulfonamides is 1. The molecule has 132 valence electrons. The molecule has 0 saturated heterocycles. The Hall–Kier alpha value is -2.45. The number of aromatic nitrogens is 1. The molecule has 0 aliphatic heterocycles. The third-order valence-electron chi connectivity index (χ3n) is 3.91. The highest BCUT2D eigenvalue weighted by Gasteiger charge is 2.23. The standard InChI is InChI=1S/C17H20N4O3S/c18-25(23,24)15-5-1-12(2-6-15)7-9-19-16-11-13(8-10-20-16)17(22)21-14-3-4-14/h1-2,5-6,8,10-11,14H,3-4,7,9H2,(H,19,20)(H,21,22)(H2,18,23,24). The number of primary sulfonamides is 1. The Bertz CT molecular complexity index is 862. The number of amides is 1. The maximum Gasteiger partial charge on any atom is 0.251 e. The van der Waals surface area contributed by atoms with Gasteiger partial charge >= 0.3 is 0 Å². The molecular weight excluding hydrogens is 340 g/mol. The van der Waals surface area contributed by atoms with Crippen molar-refractivity contribution in [1.82, 2.24) is 10.3 Å². The van der Waals surface area contributed by atoms with E-state index in [1.165, 1.54) is 12.1 Å². The molecule has 25 heavy (non-hydrogen) atoms. The van der Waals surface area contributed by atoms with Crippen LogP contribution in [0.5, 0.6) is 0 Å². The maximum atomic E-state index is 12.0. The lowest BCUT2D eigenvalue weighted by atomic mass is 10.1. The summed E-state index contributed by atoms with van der Waals surface area (Å²) in [4.78, 5) is 16.3. The molecule has 7 nitrogen and oxygen atoms in total. The van der Waals surface area contributed by atoms with Gasteiger partial charge in [-0.15, -0.1) is 0 Å². The number of nitrogens with one attached hydrogen (secondary N) is 2. The molecule has 2 aromatic rings. The van der Waals surface area contributed by atoms with Gasteiger partial charge in [0.15, 0.2) is 0 Å². The molecule has 1 amide bonds. The highest BCUT2D eigenvalue weighted by atomic mass is 32.2. The van der Waals surface area contributed by atoms with E-state index in [4.69, 9.17) is 5.14 Å². The number of rotatable bonds is 7. The number of anilines is 1. The van der Waals surface area contributed by atoms with Crippen molar-refractivity contribution in [3.63, 3.8) is 0 Å². The Labute approximate surface area is 146 Å². The SMILES string of the molecule is NS(=O)(=O)c1ccc(CCNc2cc(C(=O)NC3CC3)ccn2)cc1. The number of pyridine rings is 1. The lowest BCUT2D eigenvalue weighted by Gasteiger charge is -2.08. The van der Waals surface area contributed by atoms with Crippen LogP contribution in [0.25, 0.3) is 0 Å². The van der Waals surface area contributed by atoms with Crippen LogP contribution in [0.15, 0.2) is 47.5 Å². The van der Waals surface area contributed by atoms with Crippen molar-refractivity contribution in [2.75, 3.05) is 11.9 Å². The number of hydrogen-bond donors (Lipinski definition) is 3. The van der Waals surface area contributed by atoms with E-state index < -0.39 is 10.0 Å². The topological polar surface area (TPSA) is 114 Å². The van der Waals surface area contributed by atoms with E-state index >= 15 is 0 Å². The van der Waals surface area contributed by atoms with E-state index in [0.29, 0.717) is 30.4 Å². The summed E-state index contributed by atoms with van der Waals surface area (Å²) in [5, 5.41) is 11.2. The molecule has 1 aromatic carbocycles. The number of nitrogens with zero attached hydrogens (tertiary/aromatic N) is 1. The number of hydrogen-bond acceptors (Lipinski definition) is 5. The molecule has 0 atom stereocenters. The van der Waals surface area contributed by atoms with E-state index in [2.05, 4.69) is 15.6 Å². The van der Waals surface area contributed by atoms with E-state index in [0.717, 1.165) is 18.4 Å². The van der Waals surface area contributed by atoms with Gasteiger partial charge in [0, 0.05) is 24.3 Å². The van der Waals surface area contributed by atoms with E-state index in [-0.39, 0.29) is 10.8 Å². The molecule has 1 aliphatic carbocycles. The van der Waals surface area contributed by atoms with Gasteiger partial charge in [-0.25, -0.2) is 18.5 Å². The van der Waals surface area contributed by atoms with Crippen LogP contribution in [0.1, 0.15) is 28.8 Å². The normalized spacial score (nSPS) is 14.1. The molecule has 8 heteroatoms. The van der Waals surface area contributed by atoms with Crippen molar-refractivity contribution in [2.45, 2.75) is 30.2 Å². The van der Waals surface area contributed by atoms with Gasteiger partial charge in [0.25, 0.3) is 5.91 Å². The first-order chi connectivity index (χ1) is 11.9. The van der Waals surface area contributed by atoms with Gasteiger partial charge in [-0.2, -0.15) is 0 Å². The van der Waals surface area contributed by atoms with Crippen LogP contribution in [-0.2, 0) is 16.4 Å². The van der Waals surface area contributed by atoms with Crippen LogP contribution >= 0.6 is 0 Å². The second-order valence-corrected chi connectivity index (χ2v) is 7.60. The smallest absolute Gasteiger partial charge is 0.251 e. The Morgan fingerprint density at radius 3 is 2.56 bits per heavy atom. The predicted octanol–water partition coefficient (Wildman–Crippen LogP) is 1.28. The van der Waals surface area contributed by atoms with Crippen molar-refractivity contribution in [1.29, 1.82) is 0 Å². The minimum absolute atomic E-state index is 0.0773. The third kappa shape index (κ3) is 5.01. The number of nitrogens with two attached hydrogens (primary N) is 1. The summed E-state index contributed by atoms with van der Waals surface area (Å²) >= 11 is 0. The minimum atomic E-state index is -3.66. The first kappa shape index (κ1) is 17.4. The molecule has 0 spiro atoms. The molecule has 1 saturated carbocycles. The van der Waals surface area contributed by atoms with Crippen LogP contribution in [0.4, 0.5) is 5.82 Å². The number of benzene rings is 1. The molecule has 3 rings (SSSR count). The molecular formula is C17H20N4O3S. The highest BCUT2D eigenvalue weighted by molar-refractivity contribution is 7.89. The van der Waals surface area contributed by atoms with Gasteiger partial charge < -0.3 is 10.6 Å². The first-order valence-electron chi connectivity index (χ1n) is 8.04. The van der Waals surface area contributed by atoms with Gasteiger partial charge in [-0.05, 0) is 49.1 Å². The first-order valence-corrected chi connectivity index (χ1v) is 9.59. The fraction of sp³-hybridized carbons (Fsp3) is 0.294. The van der Waals surface area contributed by atoms with Gasteiger partial charge in [0.2, 0.25) is 10.0 Å². The Balaban J connectivity index is 1.54. The Kier molecular flexibility index (Phi) is 5.00. The molecule has 0 unspecified atom stereocenters. The van der Waals surface area contributed by atoms with Gasteiger partial charge in [0.05, 0.1) is 4.90 Å². The second-order valence-electron chi connectivity index (χ2n) is 6.04. The van der Waals surface area contributed by atoms with E-state index in [1.54, 1.807) is 30.5 Å². The number of carbonyl (C=O) groups is 1. The van der Waals surface area contributed by atoms with Crippen LogP contribution in [0, 0.1) is 0 Å². The van der Waals surface area contributed by atoms with E-state index in [1.807, 2.05) is 0 Å². The maximum absolute atomic E-state index is 12.0. The predicted molar refractivity (Wildman–Crippen MR) is 94.7 cm³/mol. The Morgan fingerprint density at radius 2 is 1.92 bits per heavy atom. The fourth-order valence-electron chi connectivity index (χ4n) is 2.35. The minimum Gasteiger partial charge on any atom is -0.370 e. The quantitative estimate of drug-likeness (QED) is 0.688. The second kappa shape index (κ2) is 7.20. The van der Waals surface area contributed by atoms with Crippen molar-refractivity contribution in [3.8, 4) is 0 Å². The summed E-state index contributed by atoms with van der Waals surface area (Å²) in [5.74, 6) is 0.552. The van der Waals surface area contributed by atoms with Crippen molar-refractivity contribution in [2.24, 2.45) is 5.14 Å². The van der Waals surface area contributed by atoms with Gasteiger partial charge in [-0.3, -0.25) is 4.79 Å². The summed E-state index contributed by atoms with van der Waals surface area (Å²) in [7, 11) is -3.66. The largest absolute Gasteiger partial charge is 0.370 e. The molecule has 1 aromatic heterocycles. The van der Waals surface area contributed by atoms with Crippen LogP contribution in [-0.4, -0.2) is 31.9 Å². The van der Waals surface area contributed by atoms with Crippen molar-refractivity contribution < 1.29 is 13.2 Å². The monoisotopic (exact) mass is 360 g/mol. The molecule has 1 heterocycles. The zero-order valence-electron chi connectivity index (χ0n) is 13.6. The molecule has 4 N–H and O–H groups in total. The summed E-state index contributed by atoms with van der Waals surface area (Å²) in [6.07, 6.45) is 4.38. The van der Waals surface area contributed by atoms with Crippen molar-refractivity contribution in [3.05, 3.63) is 53.7 Å². The fourth-order valence-corrected chi connectivity index (χ4v) is 2.86. The van der Waals surface area contributed by atoms with Gasteiger partial charge in [0.1, 0.15) is 5.82 Å². The average molecular weight is 360 g/mol. The van der Waals surface area contributed by atoms with Crippen LogP contribution in [0.3, 0.4) is 0 Å². The van der Waals surface area contributed by atoms with Crippen LogP contribution in [0.2, 0.25) is 0 Å². The van der Waals surface area contributed by atoms with E-state index in [9.17, 15) is 13.2 Å². The summed E-state index contributed by atoms with van der Waals surface area (Å²) < 4.78 is 22.5. The third-order valence-corrected chi connectivity index (χ3v) is 4.84. The molecule has 1 fully saturated rings. The molecule has 0 radical (unpaired) electrons. The Morgan fingerprint density at radius 1 is 1.20 bits per heavy atom. The van der Waals surface area contributed by atoms with Crippen LogP contribution < -0.4 is 15.8 Å². The lowest BCUT2D eigenvalue weighted by Crippen LogP contribution is -2.25. The van der Waals surface area contributed by atoms with Crippen molar-refractivity contribution >= 4 is 21.7 Å².